The van der Waals surface area contributed by atoms with Gasteiger partial charge in [0.2, 0.25) is 0 Å². The van der Waals surface area contributed by atoms with Gasteiger partial charge < -0.3 is 14.2 Å². The molecule has 4 heteroatoms. The molecule has 0 saturated heterocycles. The van der Waals surface area contributed by atoms with E-state index in [1.807, 2.05) is 54.6 Å². The summed E-state index contributed by atoms with van der Waals surface area (Å²) in [6, 6.07) is 32.9. The largest absolute Gasteiger partial charge is 0.489 e. The van der Waals surface area contributed by atoms with E-state index in [9.17, 15) is 4.79 Å². The van der Waals surface area contributed by atoms with Gasteiger partial charge in [-0.05, 0) is 60.0 Å². The fourth-order valence-corrected chi connectivity index (χ4v) is 3.14. The molecule has 4 nitrogen and oxygen atoms in total. The van der Waals surface area contributed by atoms with E-state index < -0.39 is 5.97 Å². The zero-order chi connectivity index (χ0) is 22.2. The molecule has 0 spiro atoms. The minimum absolute atomic E-state index is 0.170. The molecule has 0 N–H and O–H groups in total. The number of benzene rings is 4. The molecule has 4 aromatic rings. The molecule has 0 aliphatic carbocycles. The highest BCUT2D eigenvalue weighted by molar-refractivity contribution is 5.74. The predicted octanol–water partition coefficient (Wildman–Crippen LogP) is 6.23. The summed E-state index contributed by atoms with van der Waals surface area (Å²) >= 11 is 0. The van der Waals surface area contributed by atoms with E-state index in [0.29, 0.717) is 23.9 Å². The first-order valence-electron chi connectivity index (χ1n) is 10.4. The van der Waals surface area contributed by atoms with Crippen LogP contribution in [0.2, 0.25) is 0 Å². The number of carbonyl (C=O) groups excluding carboxylic acids is 1. The Kier molecular flexibility index (Phi) is 6.83. The molecule has 0 bridgehead atoms. The van der Waals surface area contributed by atoms with Crippen molar-refractivity contribution in [3.8, 4) is 28.4 Å². The Balaban J connectivity index is 1.24. The number of hydrogen-bond acceptors (Lipinski definition) is 4. The Morgan fingerprint density at radius 1 is 0.625 bits per heavy atom. The number of aryl methyl sites for hydroxylation is 1. The second-order valence-electron chi connectivity index (χ2n) is 7.40. The number of ether oxygens (including phenoxy) is 3. The van der Waals surface area contributed by atoms with Crippen molar-refractivity contribution in [2.24, 2.45) is 0 Å². The summed E-state index contributed by atoms with van der Waals surface area (Å²) in [5, 5.41) is 0. The summed E-state index contributed by atoms with van der Waals surface area (Å²) in [6.45, 7) is 2.38. The molecule has 4 rings (SSSR count). The third-order valence-electron chi connectivity index (χ3n) is 4.90. The van der Waals surface area contributed by atoms with Crippen molar-refractivity contribution in [3.05, 3.63) is 114 Å². The second-order valence-corrected chi connectivity index (χ2v) is 7.40. The molecule has 32 heavy (non-hydrogen) atoms. The quantitative estimate of drug-likeness (QED) is 0.249. The van der Waals surface area contributed by atoms with Crippen molar-refractivity contribution in [1.29, 1.82) is 0 Å². The van der Waals surface area contributed by atoms with Crippen molar-refractivity contribution in [2.45, 2.75) is 13.5 Å². The van der Waals surface area contributed by atoms with Crippen LogP contribution in [0.4, 0.5) is 0 Å². The van der Waals surface area contributed by atoms with Gasteiger partial charge in [-0.1, -0.05) is 72.3 Å². The third kappa shape index (κ3) is 5.99. The van der Waals surface area contributed by atoms with Crippen LogP contribution in [0.3, 0.4) is 0 Å². The minimum Gasteiger partial charge on any atom is -0.489 e. The fourth-order valence-electron chi connectivity index (χ4n) is 3.14. The first kappa shape index (κ1) is 21.2. The topological polar surface area (TPSA) is 44.8 Å². The SMILES string of the molecule is Cc1ccc(-c2ccc(OCC(=O)Oc3ccc(OCc4ccccc4)cc3)cc2)cc1. The third-order valence-corrected chi connectivity index (χ3v) is 4.90. The second kappa shape index (κ2) is 10.3. The van der Waals surface area contributed by atoms with Gasteiger partial charge in [-0.15, -0.1) is 0 Å². The van der Waals surface area contributed by atoms with Gasteiger partial charge in [-0.3, -0.25) is 0 Å². The molecule has 4 aromatic carbocycles. The van der Waals surface area contributed by atoms with Crippen LogP contribution < -0.4 is 14.2 Å². The standard InChI is InChI=1S/C28H24O4/c1-21-7-9-23(10-8-21)24-11-13-25(14-12-24)31-20-28(29)32-27-17-15-26(16-18-27)30-19-22-5-3-2-4-6-22/h2-18H,19-20H2,1H3. The van der Waals surface area contributed by atoms with E-state index in [1.54, 1.807) is 24.3 Å². The molecule has 0 amide bonds. The minimum atomic E-state index is -0.467. The van der Waals surface area contributed by atoms with Crippen molar-refractivity contribution >= 4 is 5.97 Å². The monoisotopic (exact) mass is 424 g/mol. The van der Waals surface area contributed by atoms with Gasteiger partial charge in [0.15, 0.2) is 6.61 Å². The molecule has 0 aromatic heterocycles. The van der Waals surface area contributed by atoms with Crippen molar-refractivity contribution in [1.82, 2.24) is 0 Å². The number of esters is 1. The van der Waals surface area contributed by atoms with Gasteiger partial charge in [0.1, 0.15) is 23.9 Å². The smallest absolute Gasteiger partial charge is 0.349 e. The molecular weight excluding hydrogens is 400 g/mol. The Morgan fingerprint density at radius 2 is 1.16 bits per heavy atom. The van der Waals surface area contributed by atoms with Crippen LogP contribution >= 0.6 is 0 Å². The van der Waals surface area contributed by atoms with Crippen molar-refractivity contribution < 1.29 is 19.0 Å². The van der Waals surface area contributed by atoms with Gasteiger partial charge in [0.25, 0.3) is 0 Å². The van der Waals surface area contributed by atoms with Crippen LogP contribution in [0, 0.1) is 6.92 Å². The Morgan fingerprint density at radius 3 is 1.81 bits per heavy atom. The molecule has 0 atom stereocenters. The van der Waals surface area contributed by atoms with Crippen LogP contribution in [-0.2, 0) is 11.4 Å². The van der Waals surface area contributed by atoms with Crippen LogP contribution in [0.25, 0.3) is 11.1 Å². The van der Waals surface area contributed by atoms with E-state index in [-0.39, 0.29) is 6.61 Å². The predicted molar refractivity (Wildman–Crippen MR) is 125 cm³/mol. The summed E-state index contributed by atoms with van der Waals surface area (Å²) in [4.78, 5) is 12.1. The van der Waals surface area contributed by atoms with E-state index in [2.05, 4.69) is 31.2 Å². The van der Waals surface area contributed by atoms with Gasteiger partial charge in [-0.2, -0.15) is 0 Å². The molecule has 0 radical (unpaired) electrons. The normalized spacial score (nSPS) is 10.4. The van der Waals surface area contributed by atoms with Gasteiger partial charge in [0, 0.05) is 0 Å². The first-order valence-corrected chi connectivity index (χ1v) is 10.4. The summed E-state index contributed by atoms with van der Waals surface area (Å²) in [5.41, 5.74) is 4.54. The van der Waals surface area contributed by atoms with Crippen LogP contribution in [0.5, 0.6) is 17.2 Å². The number of rotatable bonds is 8. The van der Waals surface area contributed by atoms with Crippen molar-refractivity contribution in [3.63, 3.8) is 0 Å². The zero-order valence-corrected chi connectivity index (χ0v) is 17.9. The van der Waals surface area contributed by atoms with E-state index in [0.717, 1.165) is 16.7 Å². The lowest BCUT2D eigenvalue weighted by Gasteiger charge is -2.09. The molecule has 0 aliphatic rings. The average molecular weight is 424 g/mol. The van der Waals surface area contributed by atoms with Gasteiger partial charge in [0.05, 0.1) is 0 Å². The highest BCUT2D eigenvalue weighted by Gasteiger charge is 2.07. The lowest BCUT2D eigenvalue weighted by atomic mass is 10.0. The lowest BCUT2D eigenvalue weighted by Crippen LogP contribution is -2.17. The number of carbonyl (C=O) groups is 1. The average Bonchev–Trinajstić information content (AvgIpc) is 2.84. The Labute approximate surface area is 188 Å². The lowest BCUT2D eigenvalue weighted by molar-refractivity contribution is -0.136. The number of hydrogen-bond donors (Lipinski definition) is 0. The molecule has 0 heterocycles. The fraction of sp³-hybridized carbons (Fsp3) is 0.107. The van der Waals surface area contributed by atoms with E-state index in [4.69, 9.17) is 14.2 Å². The summed E-state index contributed by atoms with van der Waals surface area (Å²) in [6.07, 6.45) is 0. The van der Waals surface area contributed by atoms with Crippen molar-refractivity contribution in [2.75, 3.05) is 6.61 Å². The molecule has 160 valence electrons. The first-order chi connectivity index (χ1) is 15.7. The molecule has 0 unspecified atom stereocenters. The summed E-state index contributed by atoms with van der Waals surface area (Å²) < 4.78 is 16.6. The highest BCUT2D eigenvalue weighted by atomic mass is 16.6. The zero-order valence-electron chi connectivity index (χ0n) is 17.9. The molecule has 0 fully saturated rings. The molecule has 0 aliphatic heterocycles. The maximum Gasteiger partial charge on any atom is 0.349 e. The maximum absolute atomic E-state index is 12.1. The Hall–Kier alpha value is -4.05. The van der Waals surface area contributed by atoms with E-state index in [1.165, 1.54) is 5.56 Å². The van der Waals surface area contributed by atoms with Gasteiger partial charge >= 0.3 is 5.97 Å². The maximum atomic E-state index is 12.1. The highest BCUT2D eigenvalue weighted by Crippen LogP contribution is 2.23. The molecular formula is C28H24O4. The van der Waals surface area contributed by atoms with Crippen LogP contribution in [-0.4, -0.2) is 12.6 Å². The van der Waals surface area contributed by atoms with Gasteiger partial charge in [-0.25, -0.2) is 4.79 Å². The summed E-state index contributed by atoms with van der Waals surface area (Å²) in [7, 11) is 0. The summed E-state index contributed by atoms with van der Waals surface area (Å²) in [5.74, 6) is 1.30. The van der Waals surface area contributed by atoms with E-state index >= 15 is 0 Å². The van der Waals surface area contributed by atoms with Crippen LogP contribution in [0.1, 0.15) is 11.1 Å². The Bertz CT molecular complexity index is 1130. The molecule has 0 saturated carbocycles. The van der Waals surface area contributed by atoms with Crippen LogP contribution in [0.15, 0.2) is 103 Å².